The van der Waals surface area contributed by atoms with Crippen LogP contribution in [0.3, 0.4) is 0 Å². The van der Waals surface area contributed by atoms with E-state index in [9.17, 15) is 35.0 Å². The number of rotatable bonds is 6. The van der Waals surface area contributed by atoms with Gasteiger partial charge in [0.1, 0.15) is 11.6 Å². The Morgan fingerprint density at radius 2 is 1.62 bits per heavy atom. The second kappa shape index (κ2) is 8.93. The van der Waals surface area contributed by atoms with Crippen molar-refractivity contribution in [1.29, 1.82) is 5.26 Å². The fourth-order valence-corrected chi connectivity index (χ4v) is 2.99. The number of carbonyl (C=O) groups is 2. The van der Waals surface area contributed by atoms with Crippen LogP contribution in [0.15, 0.2) is 63.6 Å². The molecular formula is C22H16N4O6. The van der Waals surface area contributed by atoms with E-state index in [1.54, 1.807) is 30.3 Å². The van der Waals surface area contributed by atoms with Gasteiger partial charge in [0.2, 0.25) is 5.88 Å². The van der Waals surface area contributed by atoms with Crippen LogP contribution in [0.4, 0.5) is 11.4 Å². The number of nitrogens with zero attached hydrogens (tertiary/aromatic N) is 4. The number of aromatic hydroxyl groups is 1. The summed E-state index contributed by atoms with van der Waals surface area (Å²) >= 11 is 0. The van der Waals surface area contributed by atoms with E-state index >= 15 is 0 Å². The lowest BCUT2D eigenvalue weighted by molar-refractivity contribution is 0.0696. The maximum atomic E-state index is 13.0. The molecule has 1 heterocycles. The summed E-state index contributed by atoms with van der Waals surface area (Å²) in [6.45, 7) is 1.39. The van der Waals surface area contributed by atoms with Crippen LogP contribution in [-0.4, -0.2) is 31.8 Å². The molecule has 2 aromatic carbocycles. The van der Waals surface area contributed by atoms with Crippen LogP contribution in [0.2, 0.25) is 0 Å². The number of hydrogen-bond donors (Lipinski definition) is 3. The van der Waals surface area contributed by atoms with E-state index in [-0.39, 0.29) is 40.2 Å². The van der Waals surface area contributed by atoms with Crippen LogP contribution in [0, 0.1) is 18.3 Å². The minimum absolute atomic E-state index is 0.0271. The molecule has 3 aromatic rings. The Morgan fingerprint density at radius 1 is 1.03 bits per heavy atom. The van der Waals surface area contributed by atoms with Gasteiger partial charge in [0, 0.05) is 5.56 Å². The zero-order valence-electron chi connectivity index (χ0n) is 16.7. The van der Waals surface area contributed by atoms with Gasteiger partial charge in [-0.3, -0.25) is 9.36 Å². The summed E-state index contributed by atoms with van der Waals surface area (Å²) in [7, 11) is 0. The lowest BCUT2D eigenvalue weighted by atomic mass is 10.1. The van der Waals surface area contributed by atoms with Gasteiger partial charge < -0.3 is 15.3 Å². The minimum Gasteiger partial charge on any atom is -0.493 e. The molecule has 0 amide bonds. The van der Waals surface area contributed by atoms with E-state index in [1.165, 1.54) is 6.92 Å². The lowest BCUT2D eigenvalue weighted by Gasteiger charge is -2.13. The third kappa shape index (κ3) is 4.36. The predicted octanol–water partition coefficient (Wildman–Crippen LogP) is 3.59. The summed E-state index contributed by atoms with van der Waals surface area (Å²) < 4.78 is 0.978. The molecule has 3 N–H and O–H groups in total. The fourth-order valence-electron chi connectivity index (χ4n) is 2.99. The third-order valence-corrected chi connectivity index (χ3v) is 4.63. The van der Waals surface area contributed by atoms with Crippen molar-refractivity contribution < 1.29 is 24.9 Å². The molecule has 0 saturated carbocycles. The summed E-state index contributed by atoms with van der Waals surface area (Å²) in [4.78, 5) is 35.5. The SMILES string of the molecule is Cc1c(C#N)c(O)n(Cc2ccccc2)c(=O)c1N=Nc1cc(C(=O)O)cc(C(=O)O)c1. The topological polar surface area (TPSA) is 165 Å². The van der Waals surface area contributed by atoms with Crippen molar-refractivity contribution in [2.75, 3.05) is 0 Å². The first-order valence-electron chi connectivity index (χ1n) is 9.16. The highest BCUT2D eigenvalue weighted by Gasteiger charge is 2.19. The summed E-state index contributed by atoms with van der Waals surface area (Å²) in [5.41, 5.74) is -1.10. The molecule has 160 valence electrons. The summed E-state index contributed by atoms with van der Waals surface area (Å²) in [5, 5.41) is 46.0. The van der Waals surface area contributed by atoms with Crippen molar-refractivity contribution in [2.45, 2.75) is 13.5 Å². The van der Waals surface area contributed by atoms with Crippen molar-refractivity contribution in [3.8, 4) is 11.9 Å². The number of hydrogen-bond acceptors (Lipinski definition) is 7. The van der Waals surface area contributed by atoms with E-state index in [0.717, 1.165) is 22.8 Å². The van der Waals surface area contributed by atoms with Gasteiger partial charge >= 0.3 is 11.9 Å². The number of azo groups is 1. The van der Waals surface area contributed by atoms with Crippen molar-refractivity contribution >= 4 is 23.3 Å². The highest BCUT2D eigenvalue weighted by molar-refractivity contribution is 5.95. The first kappa shape index (κ1) is 21.9. The summed E-state index contributed by atoms with van der Waals surface area (Å²) in [6, 6.07) is 13.8. The molecule has 10 heteroatoms. The molecule has 0 atom stereocenters. The summed E-state index contributed by atoms with van der Waals surface area (Å²) in [6.07, 6.45) is 0. The van der Waals surface area contributed by atoms with Crippen LogP contribution < -0.4 is 5.56 Å². The van der Waals surface area contributed by atoms with Crippen LogP contribution in [-0.2, 0) is 6.54 Å². The molecule has 3 rings (SSSR count). The van der Waals surface area contributed by atoms with Gasteiger partial charge in [-0.25, -0.2) is 9.59 Å². The zero-order valence-corrected chi connectivity index (χ0v) is 16.7. The largest absolute Gasteiger partial charge is 0.493 e. The minimum atomic E-state index is -1.36. The molecule has 0 spiro atoms. The van der Waals surface area contributed by atoms with Crippen molar-refractivity contribution in [1.82, 2.24) is 4.57 Å². The van der Waals surface area contributed by atoms with E-state index in [2.05, 4.69) is 10.2 Å². The predicted molar refractivity (Wildman–Crippen MR) is 112 cm³/mol. The number of benzene rings is 2. The number of pyridine rings is 1. The molecule has 0 fully saturated rings. The van der Waals surface area contributed by atoms with Gasteiger partial charge in [-0.2, -0.15) is 10.4 Å². The van der Waals surface area contributed by atoms with Crippen LogP contribution in [0.25, 0.3) is 0 Å². The zero-order chi connectivity index (χ0) is 23.4. The number of aromatic nitrogens is 1. The van der Waals surface area contributed by atoms with Gasteiger partial charge in [-0.05, 0) is 30.7 Å². The number of nitriles is 1. The third-order valence-electron chi connectivity index (χ3n) is 4.63. The first-order chi connectivity index (χ1) is 15.2. The number of carboxylic acid groups (broad SMARTS) is 2. The van der Waals surface area contributed by atoms with Crippen LogP contribution in [0.5, 0.6) is 5.88 Å². The Labute approximate surface area is 181 Å². The van der Waals surface area contributed by atoms with E-state index in [4.69, 9.17) is 0 Å². The smallest absolute Gasteiger partial charge is 0.335 e. The molecule has 1 aromatic heterocycles. The first-order valence-corrected chi connectivity index (χ1v) is 9.16. The molecule has 0 aliphatic carbocycles. The van der Waals surface area contributed by atoms with Crippen LogP contribution in [0.1, 0.15) is 37.4 Å². The maximum absolute atomic E-state index is 13.0. The van der Waals surface area contributed by atoms with Gasteiger partial charge in [0.05, 0.1) is 23.4 Å². The van der Waals surface area contributed by atoms with Gasteiger partial charge in [0.15, 0.2) is 5.69 Å². The Hall–Kier alpha value is -4.78. The van der Waals surface area contributed by atoms with Crippen molar-refractivity contribution in [3.63, 3.8) is 0 Å². The highest BCUT2D eigenvalue weighted by atomic mass is 16.4. The average Bonchev–Trinajstić information content (AvgIpc) is 2.77. The van der Waals surface area contributed by atoms with Crippen molar-refractivity contribution in [2.24, 2.45) is 10.2 Å². The monoisotopic (exact) mass is 432 g/mol. The molecule has 10 nitrogen and oxygen atoms in total. The molecular weight excluding hydrogens is 416 g/mol. The molecule has 0 aliphatic heterocycles. The quantitative estimate of drug-likeness (QED) is 0.500. The lowest BCUT2D eigenvalue weighted by Crippen LogP contribution is -2.22. The van der Waals surface area contributed by atoms with E-state index < -0.39 is 23.4 Å². The molecule has 0 aliphatic rings. The molecule has 0 radical (unpaired) electrons. The normalized spacial score (nSPS) is 10.8. The Kier molecular flexibility index (Phi) is 6.11. The Balaban J connectivity index is 2.14. The molecule has 32 heavy (non-hydrogen) atoms. The molecule has 0 bridgehead atoms. The molecule has 0 saturated heterocycles. The molecule has 0 unspecified atom stereocenters. The second-order valence-electron chi connectivity index (χ2n) is 6.74. The maximum Gasteiger partial charge on any atom is 0.335 e. The Bertz CT molecular complexity index is 1320. The highest BCUT2D eigenvalue weighted by Crippen LogP contribution is 2.28. The second-order valence-corrected chi connectivity index (χ2v) is 6.74. The number of carboxylic acids is 2. The number of aromatic carboxylic acids is 2. The van der Waals surface area contributed by atoms with Crippen molar-refractivity contribution in [3.05, 3.63) is 86.7 Å². The standard InChI is InChI=1S/C22H16N4O6/c1-12-17(10-23)19(27)26(11-13-5-3-2-4-6-13)20(28)18(12)25-24-16-8-14(21(29)30)7-15(9-16)22(31)32/h2-9,27H,11H2,1H3,(H,29,30)(H,31,32). The van der Waals surface area contributed by atoms with Gasteiger partial charge in [-0.1, -0.05) is 30.3 Å². The van der Waals surface area contributed by atoms with Gasteiger partial charge in [0.25, 0.3) is 5.56 Å². The van der Waals surface area contributed by atoms with Crippen LogP contribution >= 0.6 is 0 Å². The fraction of sp³-hybridized carbons (Fsp3) is 0.0909. The van der Waals surface area contributed by atoms with E-state index in [1.807, 2.05) is 6.07 Å². The Morgan fingerprint density at radius 3 is 2.16 bits per heavy atom. The average molecular weight is 432 g/mol. The van der Waals surface area contributed by atoms with E-state index in [0.29, 0.717) is 5.56 Å². The summed E-state index contributed by atoms with van der Waals surface area (Å²) in [5.74, 6) is -3.23. The van der Waals surface area contributed by atoms with Gasteiger partial charge in [-0.15, -0.1) is 5.11 Å².